The Morgan fingerprint density at radius 2 is 2.00 bits per heavy atom. The number of benzene rings is 2. The molecule has 1 aliphatic heterocycles. The Balaban J connectivity index is 0.00000144. The zero-order chi connectivity index (χ0) is 14.4. The van der Waals surface area contributed by atoms with Crippen molar-refractivity contribution < 1.29 is 9.53 Å². The van der Waals surface area contributed by atoms with Crippen LogP contribution in [-0.2, 0) is 16.1 Å². The average Bonchev–Trinajstić information content (AvgIpc) is 2.93. The van der Waals surface area contributed by atoms with E-state index >= 15 is 0 Å². The van der Waals surface area contributed by atoms with E-state index in [1.54, 1.807) is 0 Å². The lowest BCUT2D eigenvalue weighted by molar-refractivity contribution is -0.142. The minimum atomic E-state index is -0.242. The molecule has 1 atom stereocenters. The van der Waals surface area contributed by atoms with E-state index in [1.807, 2.05) is 12.1 Å². The number of carbonyl (C=O) groups excluding carboxylic acids is 1. The van der Waals surface area contributed by atoms with E-state index in [9.17, 15) is 4.79 Å². The first kappa shape index (κ1) is 14.9. The van der Waals surface area contributed by atoms with Crippen LogP contribution in [0.15, 0.2) is 36.4 Å². The molecule has 1 unspecified atom stereocenters. The van der Waals surface area contributed by atoms with E-state index in [2.05, 4.69) is 34.6 Å². The van der Waals surface area contributed by atoms with Crippen molar-refractivity contribution in [3.05, 3.63) is 47.7 Å². The Kier molecular flexibility index (Phi) is 3.81. The summed E-state index contributed by atoms with van der Waals surface area (Å²) in [5.41, 5.74) is 3.28. The van der Waals surface area contributed by atoms with Gasteiger partial charge < -0.3 is 15.0 Å². The normalized spacial score (nSPS) is 17.0. The Morgan fingerprint density at radius 1 is 1.18 bits per heavy atom. The molecule has 1 aliphatic rings. The van der Waals surface area contributed by atoms with Gasteiger partial charge in [0, 0.05) is 29.6 Å². The molecule has 0 spiro atoms. The predicted octanol–water partition coefficient (Wildman–Crippen LogP) is 3.10. The summed E-state index contributed by atoms with van der Waals surface area (Å²) >= 11 is 0. The molecule has 5 heteroatoms. The predicted molar refractivity (Wildman–Crippen MR) is 89.5 cm³/mol. The first-order valence-electron chi connectivity index (χ1n) is 7.10. The lowest BCUT2D eigenvalue weighted by Crippen LogP contribution is -2.32. The number of rotatable bonds is 1. The number of aromatic amines is 1. The fraction of sp³-hybridized carbons (Fsp3) is 0.235. The van der Waals surface area contributed by atoms with Gasteiger partial charge in [-0.2, -0.15) is 0 Å². The molecular formula is C17H17ClN2O2. The van der Waals surface area contributed by atoms with Crippen LogP contribution < -0.4 is 5.32 Å². The minimum absolute atomic E-state index is 0. The molecule has 0 aliphatic carbocycles. The van der Waals surface area contributed by atoms with Gasteiger partial charge in [-0.05, 0) is 10.9 Å². The summed E-state index contributed by atoms with van der Waals surface area (Å²) < 4.78 is 4.96. The summed E-state index contributed by atoms with van der Waals surface area (Å²) in [7, 11) is 1.45. The van der Waals surface area contributed by atoms with Crippen LogP contribution in [0.25, 0.3) is 21.7 Å². The SMILES string of the molecule is COC(=O)C1CNCc2[nH]c3c(ccc4ccccc43)c21.Cl. The quantitative estimate of drug-likeness (QED) is 0.678. The number of nitrogens with one attached hydrogen (secondary N) is 2. The summed E-state index contributed by atoms with van der Waals surface area (Å²) in [6.07, 6.45) is 0. The van der Waals surface area contributed by atoms with Gasteiger partial charge in [-0.25, -0.2) is 0 Å². The lowest BCUT2D eigenvalue weighted by Gasteiger charge is -2.21. The molecule has 0 bridgehead atoms. The molecule has 0 fully saturated rings. The van der Waals surface area contributed by atoms with Crippen LogP contribution in [-0.4, -0.2) is 24.6 Å². The highest BCUT2D eigenvalue weighted by atomic mass is 35.5. The van der Waals surface area contributed by atoms with Crippen molar-refractivity contribution in [3.63, 3.8) is 0 Å². The van der Waals surface area contributed by atoms with Crippen molar-refractivity contribution in [2.75, 3.05) is 13.7 Å². The van der Waals surface area contributed by atoms with Crippen molar-refractivity contribution in [1.29, 1.82) is 0 Å². The van der Waals surface area contributed by atoms with Crippen LogP contribution in [0.1, 0.15) is 17.2 Å². The number of halogens is 1. The average molecular weight is 317 g/mol. The van der Waals surface area contributed by atoms with Crippen LogP contribution in [0.2, 0.25) is 0 Å². The highest BCUT2D eigenvalue weighted by Crippen LogP contribution is 2.35. The number of ether oxygens (including phenoxy) is 1. The molecule has 4 nitrogen and oxygen atoms in total. The topological polar surface area (TPSA) is 54.1 Å². The van der Waals surface area contributed by atoms with Gasteiger partial charge in [0.2, 0.25) is 0 Å². The van der Waals surface area contributed by atoms with Crippen molar-refractivity contribution in [3.8, 4) is 0 Å². The van der Waals surface area contributed by atoms with Crippen molar-refractivity contribution in [2.45, 2.75) is 12.5 Å². The molecule has 0 saturated heterocycles. The van der Waals surface area contributed by atoms with Crippen LogP contribution in [0, 0.1) is 0 Å². The number of methoxy groups -OCH3 is 1. The van der Waals surface area contributed by atoms with Gasteiger partial charge in [-0.15, -0.1) is 12.4 Å². The second-order valence-corrected chi connectivity index (χ2v) is 5.43. The second-order valence-electron chi connectivity index (χ2n) is 5.43. The molecule has 1 aromatic heterocycles. The molecule has 2 aromatic carbocycles. The molecule has 2 N–H and O–H groups in total. The number of aromatic nitrogens is 1. The molecule has 4 rings (SSSR count). The van der Waals surface area contributed by atoms with Crippen LogP contribution in [0.4, 0.5) is 0 Å². The fourth-order valence-electron chi connectivity index (χ4n) is 3.34. The van der Waals surface area contributed by atoms with E-state index in [4.69, 9.17) is 4.74 Å². The van der Waals surface area contributed by atoms with E-state index in [0.29, 0.717) is 6.54 Å². The number of esters is 1. The maximum atomic E-state index is 12.1. The van der Waals surface area contributed by atoms with Gasteiger partial charge in [0.15, 0.2) is 0 Å². The van der Waals surface area contributed by atoms with Crippen molar-refractivity contribution in [1.82, 2.24) is 10.3 Å². The highest BCUT2D eigenvalue weighted by molar-refractivity contribution is 6.08. The van der Waals surface area contributed by atoms with Gasteiger partial charge in [0.25, 0.3) is 0 Å². The highest BCUT2D eigenvalue weighted by Gasteiger charge is 2.30. The van der Waals surface area contributed by atoms with Gasteiger partial charge in [0.1, 0.15) is 0 Å². The third kappa shape index (κ3) is 2.07. The molecule has 0 amide bonds. The Labute approximate surface area is 134 Å². The molecule has 3 aromatic rings. The maximum Gasteiger partial charge on any atom is 0.314 e. The third-order valence-corrected chi connectivity index (χ3v) is 4.30. The van der Waals surface area contributed by atoms with Gasteiger partial charge in [0.05, 0.1) is 18.5 Å². The smallest absolute Gasteiger partial charge is 0.314 e. The van der Waals surface area contributed by atoms with Crippen molar-refractivity contribution >= 4 is 40.1 Å². The Hall–Kier alpha value is -2.04. The standard InChI is InChI=1S/C17H16N2O2.ClH/c1-21-17(20)13-8-18-9-14-15(13)12-7-6-10-4-2-3-5-11(10)16(12)19-14;/h2-7,13,18-19H,8-9H2,1H3;1H. The summed E-state index contributed by atoms with van der Waals surface area (Å²) in [6.45, 7) is 1.38. The van der Waals surface area contributed by atoms with E-state index in [1.165, 1.54) is 17.9 Å². The summed E-state index contributed by atoms with van der Waals surface area (Å²) in [5, 5.41) is 6.80. The number of H-pyrrole nitrogens is 1. The van der Waals surface area contributed by atoms with Crippen LogP contribution in [0.3, 0.4) is 0 Å². The first-order valence-corrected chi connectivity index (χ1v) is 7.10. The number of fused-ring (bicyclic) bond motifs is 5. The van der Waals surface area contributed by atoms with Crippen molar-refractivity contribution in [2.24, 2.45) is 0 Å². The summed E-state index contributed by atoms with van der Waals surface area (Å²) in [5.74, 6) is -0.425. The van der Waals surface area contributed by atoms with E-state index in [0.717, 1.165) is 28.7 Å². The molecule has 2 heterocycles. The molecular weight excluding hydrogens is 300 g/mol. The second kappa shape index (κ2) is 5.63. The van der Waals surface area contributed by atoms with E-state index < -0.39 is 0 Å². The van der Waals surface area contributed by atoms with Gasteiger partial charge >= 0.3 is 5.97 Å². The minimum Gasteiger partial charge on any atom is -0.469 e. The largest absolute Gasteiger partial charge is 0.469 e. The fourth-order valence-corrected chi connectivity index (χ4v) is 3.34. The van der Waals surface area contributed by atoms with Crippen LogP contribution in [0.5, 0.6) is 0 Å². The zero-order valence-electron chi connectivity index (χ0n) is 12.2. The third-order valence-electron chi connectivity index (χ3n) is 4.30. The zero-order valence-corrected chi connectivity index (χ0v) is 13.0. The summed E-state index contributed by atoms with van der Waals surface area (Å²) in [6, 6.07) is 12.5. The van der Waals surface area contributed by atoms with Crippen LogP contribution >= 0.6 is 12.4 Å². The van der Waals surface area contributed by atoms with Gasteiger partial charge in [-0.3, -0.25) is 4.79 Å². The van der Waals surface area contributed by atoms with E-state index in [-0.39, 0.29) is 24.3 Å². The molecule has 22 heavy (non-hydrogen) atoms. The summed E-state index contributed by atoms with van der Waals surface area (Å²) in [4.78, 5) is 15.6. The number of carbonyl (C=O) groups is 1. The monoisotopic (exact) mass is 316 g/mol. The lowest BCUT2D eigenvalue weighted by atomic mass is 9.92. The first-order chi connectivity index (χ1) is 10.3. The number of hydrogen-bond acceptors (Lipinski definition) is 3. The molecule has 0 saturated carbocycles. The molecule has 114 valence electrons. The molecule has 0 radical (unpaired) electrons. The Bertz CT molecular complexity index is 856. The number of hydrogen-bond donors (Lipinski definition) is 2. The maximum absolute atomic E-state index is 12.1. The Morgan fingerprint density at radius 3 is 2.82 bits per heavy atom. The van der Waals surface area contributed by atoms with Gasteiger partial charge in [-0.1, -0.05) is 36.4 Å².